The highest BCUT2D eigenvalue weighted by atomic mass is 16.7. The maximum Gasteiger partial charge on any atom is 0.329 e. The highest BCUT2D eigenvalue weighted by molar-refractivity contribution is 5.75. The van der Waals surface area contributed by atoms with Crippen LogP contribution < -0.4 is 0 Å². The molecule has 1 aliphatic rings. The molecule has 0 unspecified atom stereocenters. The fourth-order valence-electron chi connectivity index (χ4n) is 2.04. The minimum Gasteiger partial charge on any atom is -0.480 e. The van der Waals surface area contributed by atoms with Crippen LogP contribution in [0.5, 0.6) is 0 Å². The van der Waals surface area contributed by atoms with E-state index in [-0.39, 0.29) is 19.4 Å². The van der Waals surface area contributed by atoms with Gasteiger partial charge < -0.3 is 15.1 Å². The Morgan fingerprint density at radius 2 is 2.00 bits per heavy atom. The minimum absolute atomic E-state index is 0.0253. The summed E-state index contributed by atoms with van der Waals surface area (Å²) in [7, 11) is 0. The normalized spacial score (nSPS) is 23.2. The van der Waals surface area contributed by atoms with Crippen LogP contribution in [-0.4, -0.2) is 45.9 Å². The van der Waals surface area contributed by atoms with Gasteiger partial charge in [0.25, 0.3) is 0 Å². The fraction of sp³-hybridized carbons (Fsp3) is 0.385. The Labute approximate surface area is 110 Å². The van der Waals surface area contributed by atoms with Gasteiger partial charge in [0.2, 0.25) is 0 Å². The van der Waals surface area contributed by atoms with Crippen LogP contribution in [0, 0.1) is 0 Å². The van der Waals surface area contributed by atoms with Crippen molar-refractivity contribution in [1.82, 2.24) is 5.06 Å². The highest BCUT2D eigenvalue weighted by Crippen LogP contribution is 2.19. The first-order valence-electron chi connectivity index (χ1n) is 5.98. The van der Waals surface area contributed by atoms with E-state index in [0.29, 0.717) is 0 Å². The molecule has 1 saturated heterocycles. The van der Waals surface area contributed by atoms with Crippen molar-refractivity contribution >= 4 is 11.9 Å². The molecule has 1 aromatic carbocycles. The predicted octanol–water partition coefficient (Wildman–Crippen LogP) is 0.207. The number of aliphatic hydroxyl groups excluding tert-OH is 1. The number of benzene rings is 1. The first kappa shape index (κ1) is 13.5. The first-order chi connectivity index (χ1) is 9.06. The van der Waals surface area contributed by atoms with Gasteiger partial charge in [0.15, 0.2) is 0 Å². The molecule has 2 rings (SSSR count). The van der Waals surface area contributed by atoms with Crippen LogP contribution in [0.4, 0.5) is 0 Å². The second kappa shape index (κ2) is 5.81. The average Bonchev–Trinajstić information content (AvgIpc) is 2.71. The lowest BCUT2D eigenvalue weighted by Crippen LogP contribution is -2.38. The molecule has 19 heavy (non-hydrogen) atoms. The second-order valence-corrected chi connectivity index (χ2v) is 4.47. The van der Waals surface area contributed by atoms with Gasteiger partial charge in [-0.2, -0.15) is 0 Å². The number of carboxylic acid groups (broad SMARTS) is 1. The van der Waals surface area contributed by atoms with E-state index < -0.39 is 24.1 Å². The van der Waals surface area contributed by atoms with Crippen molar-refractivity contribution < 1.29 is 24.6 Å². The van der Waals surface area contributed by atoms with Crippen LogP contribution in [0.3, 0.4) is 0 Å². The molecule has 0 amide bonds. The van der Waals surface area contributed by atoms with Crippen molar-refractivity contribution in [3.63, 3.8) is 0 Å². The molecule has 0 spiro atoms. The lowest BCUT2D eigenvalue weighted by atomic mass is 10.2. The predicted molar refractivity (Wildman–Crippen MR) is 65.0 cm³/mol. The van der Waals surface area contributed by atoms with Crippen LogP contribution >= 0.6 is 0 Å². The Morgan fingerprint density at radius 1 is 1.32 bits per heavy atom. The first-order valence-corrected chi connectivity index (χ1v) is 5.98. The van der Waals surface area contributed by atoms with Gasteiger partial charge >= 0.3 is 11.9 Å². The molecule has 1 aliphatic heterocycles. The largest absolute Gasteiger partial charge is 0.480 e. The van der Waals surface area contributed by atoms with Crippen molar-refractivity contribution in [1.29, 1.82) is 0 Å². The molecule has 102 valence electrons. The quantitative estimate of drug-likeness (QED) is 0.809. The third-order valence-electron chi connectivity index (χ3n) is 2.93. The Kier molecular flexibility index (Phi) is 4.13. The molecule has 6 nitrogen and oxygen atoms in total. The lowest BCUT2D eigenvalue weighted by Gasteiger charge is -2.19. The van der Waals surface area contributed by atoms with E-state index in [1.165, 1.54) is 0 Å². The Balaban J connectivity index is 1.93. The third kappa shape index (κ3) is 3.52. The standard InChI is InChI=1S/C13H15NO5/c15-10-7-11(13(17)18)14(8-10)19-12(16)6-9-4-2-1-3-5-9/h1-5,10-11,15H,6-8H2,(H,17,18)/t10-,11+/m1/s1. The number of hydrogen-bond donors (Lipinski definition) is 2. The number of nitrogens with zero attached hydrogens (tertiary/aromatic N) is 1. The molecule has 0 bridgehead atoms. The van der Waals surface area contributed by atoms with Crippen LogP contribution in [0.15, 0.2) is 30.3 Å². The van der Waals surface area contributed by atoms with Gasteiger partial charge in [-0.3, -0.25) is 4.79 Å². The summed E-state index contributed by atoms with van der Waals surface area (Å²) in [5.74, 6) is -1.64. The van der Waals surface area contributed by atoms with Crippen LogP contribution in [0.25, 0.3) is 0 Å². The SMILES string of the molecule is O=C(Cc1ccccc1)ON1C[C@H](O)C[C@H]1C(=O)O. The summed E-state index contributed by atoms with van der Waals surface area (Å²) in [6.45, 7) is 0.0253. The van der Waals surface area contributed by atoms with Crippen molar-refractivity contribution in [2.24, 2.45) is 0 Å². The minimum atomic E-state index is -1.11. The van der Waals surface area contributed by atoms with Gasteiger partial charge in [-0.1, -0.05) is 30.3 Å². The van der Waals surface area contributed by atoms with E-state index in [1.807, 2.05) is 18.2 Å². The van der Waals surface area contributed by atoms with Crippen molar-refractivity contribution in [3.8, 4) is 0 Å². The van der Waals surface area contributed by atoms with E-state index in [1.54, 1.807) is 12.1 Å². The number of carboxylic acids is 1. The summed E-state index contributed by atoms with van der Waals surface area (Å²) in [5.41, 5.74) is 0.791. The Hall–Kier alpha value is -1.92. The fourth-order valence-corrected chi connectivity index (χ4v) is 2.04. The van der Waals surface area contributed by atoms with Gasteiger partial charge in [0, 0.05) is 6.42 Å². The average molecular weight is 265 g/mol. The molecule has 1 aromatic rings. The van der Waals surface area contributed by atoms with Gasteiger partial charge in [0.1, 0.15) is 6.04 Å². The number of carbonyl (C=O) groups excluding carboxylic acids is 1. The number of β-amino-alcohol motifs (C(OH)–C–C–N with tert-alkyl or cyclic N) is 1. The molecule has 0 radical (unpaired) electrons. The van der Waals surface area contributed by atoms with Crippen molar-refractivity contribution in [3.05, 3.63) is 35.9 Å². The van der Waals surface area contributed by atoms with Crippen LogP contribution in [-0.2, 0) is 20.8 Å². The zero-order chi connectivity index (χ0) is 13.8. The zero-order valence-electron chi connectivity index (χ0n) is 10.2. The zero-order valence-corrected chi connectivity index (χ0v) is 10.2. The molecule has 0 aromatic heterocycles. The Bertz CT molecular complexity index is 461. The summed E-state index contributed by atoms with van der Waals surface area (Å²) < 4.78 is 0. The number of hydrogen-bond acceptors (Lipinski definition) is 5. The van der Waals surface area contributed by atoms with Gasteiger partial charge in [-0.15, -0.1) is 5.06 Å². The summed E-state index contributed by atoms with van der Waals surface area (Å²) >= 11 is 0. The molecular formula is C13H15NO5. The molecular weight excluding hydrogens is 250 g/mol. The van der Waals surface area contributed by atoms with Gasteiger partial charge in [0.05, 0.1) is 19.1 Å². The summed E-state index contributed by atoms with van der Waals surface area (Å²) in [6, 6.07) is 8.05. The molecule has 1 heterocycles. The molecule has 2 N–H and O–H groups in total. The van der Waals surface area contributed by atoms with E-state index >= 15 is 0 Å². The number of rotatable bonds is 4. The van der Waals surface area contributed by atoms with E-state index in [4.69, 9.17) is 9.94 Å². The lowest BCUT2D eigenvalue weighted by molar-refractivity contribution is -0.199. The molecule has 6 heteroatoms. The second-order valence-electron chi connectivity index (χ2n) is 4.47. The maximum atomic E-state index is 11.7. The third-order valence-corrected chi connectivity index (χ3v) is 2.93. The van der Waals surface area contributed by atoms with Crippen molar-refractivity contribution in [2.45, 2.75) is 25.0 Å². The van der Waals surface area contributed by atoms with Gasteiger partial charge in [-0.05, 0) is 5.56 Å². The summed E-state index contributed by atoms with van der Waals surface area (Å²) in [5, 5.41) is 19.4. The molecule has 0 aliphatic carbocycles. The number of hydroxylamine groups is 2. The molecule has 1 fully saturated rings. The number of aliphatic carboxylic acids is 1. The van der Waals surface area contributed by atoms with E-state index in [0.717, 1.165) is 10.6 Å². The summed E-state index contributed by atoms with van der Waals surface area (Å²) in [4.78, 5) is 27.7. The Morgan fingerprint density at radius 3 is 2.63 bits per heavy atom. The highest BCUT2D eigenvalue weighted by Gasteiger charge is 2.38. The maximum absolute atomic E-state index is 11.7. The number of aliphatic hydroxyl groups is 1. The smallest absolute Gasteiger partial charge is 0.329 e. The number of carbonyl (C=O) groups is 2. The van der Waals surface area contributed by atoms with Crippen molar-refractivity contribution in [2.75, 3.05) is 6.54 Å². The van der Waals surface area contributed by atoms with Gasteiger partial charge in [-0.25, -0.2) is 4.79 Å². The summed E-state index contributed by atoms with van der Waals surface area (Å²) in [6.07, 6.45) is -0.654. The van der Waals surface area contributed by atoms with E-state index in [9.17, 15) is 14.7 Å². The van der Waals surface area contributed by atoms with Crippen LogP contribution in [0.1, 0.15) is 12.0 Å². The molecule has 0 saturated carbocycles. The monoisotopic (exact) mass is 265 g/mol. The van der Waals surface area contributed by atoms with Crippen LogP contribution in [0.2, 0.25) is 0 Å². The van der Waals surface area contributed by atoms with E-state index in [2.05, 4.69) is 0 Å². The topological polar surface area (TPSA) is 87.1 Å². The molecule has 2 atom stereocenters.